The van der Waals surface area contributed by atoms with Gasteiger partial charge in [0.1, 0.15) is 0 Å². The number of aliphatic hydroxyl groups is 1. The van der Waals surface area contributed by atoms with Gasteiger partial charge in [0.25, 0.3) is 0 Å². The van der Waals surface area contributed by atoms with E-state index in [1.165, 1.54) is 0 Å². The molecule has 0 aromatic rings. The van der Waals surface area contributed by atoms with Crippen molar-refractivity contribution in [3.05, 3.63) is 11.6 Å². The van der Waals surface area contributed by atoms with E-state index in [-0.39, 0.29) is 117 Å². The standard InChI is InChI=1S/C28H42O6.K/c1-6-18-21-15-17(29)7-11-26(21,4)19-8-12-27(5)20(9-13-28(27,33)14-10-22(30)31)24(19)23(18)25(32)34-16(2)3;/h15-16,18-20,23-24,33H,6-14H2,1-5H3,(H,30,31);/q;+1/p-1/t18-,19?,20?,23+,24?,26-,27+,28-;/m1./s1. The monoisotopic (exact) mass is 512 g/mol. The summed E-state index contributed by atoms with van der Waals surface area (Å²) >= 11 is 0. The third-order valence-corrected chi connectivity index (χ3v) is 10.4. The van der Waals surface area contributed by atoms with Gasteiger partial charge < -0.3 is 19.7 Å². The zero-order valence-corrected chi connectivity index (χ0v) is 25.5. The van der Waals surface area contributed by atoms with Gasteiger partial charge in [0.05, 0.1) is 17.6 Å². The van der Waals surface area contributed by atoms with Gasteiger partial charge in [-0.3, -0.25) is 9.59 Å². The number of hydrogen-bond donors (Lipinski definition) is 1. The summed E-state index contributed by atoms with van der Waals surface area (Å²) in [4.78, 5) is 37.4. The number of rotatable bonds is 6. The second kappa shape index (κ2) is 10.6. The van der Waals surface area contributed by atoms with Crippen molar-refractivity contribution < 1.29 is 80.7 Å². The number of carboxylic acid groups (broad SMARTS) is 1. The van der Waals surface area contributed by atoms with E-state index in [2.05, 4.69) is 20.8 Å². The quantitative estimate of drug-likeness (QED) is 0.413. The average molecular weight is 513 g/mol. The van der Waals surface area contributed by atoms with Gasteiger partial charge in [0, 0.05) is 12.4 Å². The molecule has 4 aliphatic carbocycles. The molecule has 0 spiro atoms. The van der Waals surface area contributed by atoms with E-state index in [1.54, 1.807) is 0 Å². The normalized spacial score (nSPS) is 42.3. The molecule has 3 saturated carbocycles. The molecular weight excluding hydrogens is 471 g/mol. The van der Waals surface area contributed by atoms with E-state index in [1.807, 2.05) is 19.9 Å². The van der Waals surface area contributed by atoms with Gasteiger partial charge in [0.2, 0.25) is 0 Å². The molecule has 0 aromatic heterocycles. The van der Waals surface area contributed by atoms with E-state index in [0.29, 0.717) is 12.8 Å². The number of allylic oxidation sites excluding steroid dienone is 1. The topological polar surface area (TPSA) is 104 Å². The summed E-state index contributed by atoms with van der Waals surface area (Å²) in [6.07, 6.45) is 6.72. The van der Waals surface area contributed by atoms with Crippen molar-refractivity contribution in [3.63, 3.8) is 0 Å². The molecule has 3 fully saturated rings. The van der Waals surface area contributed by atoms with E-state index < -0.39 is 17.0 Å². The van der Waals surface area contributed by atoms with Crippen LogP contribution in [-0.2, 0) is 19.1 Å². The van der Waals surface area contributed by atoms with Crippen LogP contribution in [0.1, 0.15) is 92.4 Å². The number of esters is 1. The third kappa shape index (κ3) is 4.80. The Labute approximate surface area is 252 Å². The molecule has 0 radical (unpaired) electrons. The van der Waals surface area contributed by atoms with Crippen LogP contribution < -0.4 is 56.5 Å². The molecule has 0 aromatic carbocycles. The van der Waals surface area contributed by atoms with Gasteiger partial charge in [0.15, 0.2) is 5.78 Å². The van der Waals surface area contributed by atoms with Crippen LogP contribution in [0.4, 0.5) is 0 Å². The van der Waals surface area contributed by atoms with E-state index in [9.17, 15) is 24.6 Å². The van der Waals surface area contributed by atoms with Crippen LogP contribution in [-0.4, -0.2) is 34.5 Å². The number of fused-ring (bicyclic) bond motifs is 5. The second-order valence-corrected chi connectivity index (χ2v) is 12.2. The Morgan fingerprint density at radius 3 is 2.43 bits per heavy atom. The van der Waals surface area contributed by atoms with Crippen LogP contribution in [0.2, 0.25) is 0 Å². The Bertz CT molecular complexity index is 898. The maximum atomic E-state index is 13.7. The van der Waals surface area contributed by atoms with E-state index in [4.69, 9.17) is 4.74 Å². The number of carbonyl (C=O) groups excluding carboxylic acids is 3. The molecule has 35 heavy (non-hydrogen) atoms. The fraction of sp³-hybridized carbons (Fsp3) is 0.821. The van der Waals surface area contributed by atoms with Gasteiger partial charge >= 0.3 is 57.4 Å². The summed E-state index contributed by atoms with van der Waals surface area (Å²) in [5.41, 5.74) is -0.537. The maximum absolute atomic E-state index is 13.7. The minimum atomic E-state index is -1.13. The first kappa shape index (κ1) is 29.5. The van der Waals surface area contributed by atoms with Crippen molar-refractivity contribution in [1.82, 2.24) is 0 Å². The van der Waals surface area contributed by atoms with Crippen molar-refractivity contribution in [2.75, 3.05) is 0 Å². The molecule has 0 saturated heterocycles. The van der Waals surface area contributed by atoms with Crippen LogP contribution in [0, 0.1) is 40.4 Å². The van der Waals surface area contributed by atoms with E-state index in [0.717, 1.165) is 37.7 Å². The number of ketones is 1. The van der Waals surface area contributed by atoms with Gasteiger partial charge in [-0.1, -0.05) is 26.3 Å². The summed E-state index contributed by atoms with van der Waals surface area (Å²) in [7, 11) is 0. The molecule has 0 bridgehead atoms. The number of aliphatic carboxylic acids is 1. The summed E-state index contributed by atoms with van der Waals surface area (Å²) in [5, 5.41) is 23.0. The zero-order valence-electron chi connectivity index (χ0n) is 22.4. The Morgan fingerprint density at radius 2 is 1.83 bits per heavy atom. The van der Waals surface area contributed by atoms with Crippen LogP contribution in [0.5, 0.6) is 0 Å². The molecule has 0 aliphatic heterocycles. The molecule has 190 valence electrons. The number of carboxylic acids is 1. The summed E-state index contributed by atoms with van der Waals surface area (Å²) in [6, 6.07) is 0. The third-order valence-electron chi connectivity index (χ3n) is 10.4. The fourth-order valence-electron chi connectivity index (χ4n) is 8.71. The molecule has 1 N–H and O–H groups in total. The first-order valence-electron chi connectivity index (χ1n) is 13.3. The fourth-order valence-corrected chi connectivity index (χ4v) is 8.71. The summed E-state index contributed by atoms with van der Waals surface area (Å²) < 4.78 is 5.82. The number of ether oxygens (including phenoxy) is 1. The first-order valence-corrected chi connectivity index (χ1v) is 13.3. The maximum Gasteiger partial charge on any atom is 1.00 e. The van der Waals surface area contributed by atoms with Crippen molar-refractivity contribution in [2.24, 2.45) is 40.4 Å². The van der Waals surface area contributed by atoms with Gasteiger partial charge in [-0.2, -0.15) is 0 Å². The molecular formula is C28H41KO6. The number of hydrogen-bond acceptors (Lipinski definition) is 6. The van der Waals surface area contributed by atoms with Crippen molar-refractivity contribution in [3.8, 4) is 0 Å². The molecule has 0 heterocycles. The smallest absolute Gasteiger partial charge is 0.550 e. The predicted octanol–water partition coefficient (Wildman–Crippen LogP) is 0.597. The Balaban J connectivity index is 0.00000342. The van der Waals surface area contributed by atoms with Crippen LogP contribution in [0.15, 0.2) is 11.6 Å². The van der Waals surface area contributed by atoms with Crippen molar-refractivity contribution >= 4 is 17.7 Å². The Hall–Kier alpha value is -0.0536. The summed E-state index contributed by atoms with van der Waals surface area (Å²) in [5.74, 6) is -1.19. The van der Waals surface area contributed by atoms with Crippen molar-refractivity contribution in [1.29, 1.82) is 0 Å². The molecule has 0 amide bonds. The minimum Gasteiger partial charge on any atom is -0.550 e. The number of carbonyl (C=O) groups is 3. The molecule has 6 nitrogen and oxygen atoms in total. The van der Waals surface area contributed by atoms with Gasteiger partial charge in [-0.05, 0) is 106 Å². The first-order chi connectivity index (χ1) is 15.9. The minimum absolute atomic E-state index is 0. The van der Waals surface area contributed by atoms with Crippen molar-refractivity contribution in [2.45, 2.75) is 104 Å². The Morgan fingerprint density at radius 1 is 1.17 bits per heavy atom. The molecule has 4 aliphatic rings. The zero-order chi connectivity index (χ0) is 25.1. The largest absolute Gasteiger partial charge is 1.00 e. The molecule has 3 unspecified atom stereocenters. The molecule has 7 heteroatoms. The predicted molar refractivity (Wildman–Crippen MR) is 125 cm³/mol. The molecule has 8 atom stereocenters. The Kier molecular flexibility index (Phi) is 8.94. The molecule has 4 rings (SSSR count). The van der Waals surface area contributed by atoms with Crippen LogP contribution in [0.25, 0.3) is 0 Å². The van der Waals surface area contributed by atoms with Gasteiger partial charge in [-0.25, -0.2) is 0 Å². The van der Waals surface area contributed by atoms with E-state index >= 15 is 0 Å². The van der Waals surface area contributed by atoms with Crippen LogP contribution >= 0.6 is 0 Å². The summed E-state index contributed by atoms with van der Waals surface area (Å²) in [6.45, 7) is 10.2. The second-order valence-electron chi connectivity index (χ2n) is 12.2. The van der Waals surface area contributed by atoms with Gasteiger partial charge in [-0.15, -0.1) is 0 Å². The van der Waals surface area contributed by atoms with Crippen LogP contribution in [0.3, 0.4) is 0 Å². The average Bonchev–Trinajstić information content (AvgIpc) is 3.02. The SMILES string of the molecule is CC[C@@H]1C2=CC(=O)CC[C@]2(C)C2CC[C@@]3(C)C(CC[C@@]3(O)CCC(=O)[O-])C2[C@H]1C(=O)OC(C)C.[K+].